The van der Waals surface area contributed by atoms with Crippen LogP contribution in [-0.4, -0.2) is 26.2 Å². The molecule has 2 rings (SSSR count). The van der Waals surface area contributed by atoms with E-state index in [1.807, 2.05) is 6.07 Å². The minimum atomic E-state index is -3.54. The average molecular weight is 294 g/mol. The number of sulfonamides is 1. The average Bonchev–Trinajstić information content (AvgIpc) is 2.45. The third-order valence-electron chi connectivity index (χ3n) is 3.61. The van der Waals surface area contributed by atoms with E-state index in [2.05, 4.69) is 4.72 Å². The molecule has 2 N–H and O–H groups in total. The molecular weight excluding hydrogens is 276 g/mol. The van der Waals surface area contributed by atoms with Gasteiger partial charge < -0.3 is 5.11 Å². The summed E-state index contributed by atoms with van der Waals surface area (Å²) in [5.41, 5.74) is 0.430. The number of rotatable bonds is 4. The highest BCUT2D eigenvalue weighted by atomic mass is 32.2. The zero-order valence-corrected chi connectivity index (χ0v) is 11.9. The van der Waals surface area contributed by atoms with Crippen LogP contribution in [0.1, 0.15) is 31.2 Å². The Morgan fingerprint density at radius 3 is 2.60 bits per heavy atom. The van der Waals surface area contributed by atoms with Crippen LogP contribution in [0.15, 0.2) is 29.2 Å². The number of aliphatic hydroxyl groups is 1. The van der Waals surface area contributed by atoms with Crippen LogP contribution >= 0.6 is 0 Å². The molecule has 1 fully saturated rings. The van der Waals surface area contributed by atoms with Crippen molar-refractivity contribution in [2.45, 2.75) is 36.7 Å². The minimum absolute atomic E-state index is 0.160. The summed E-state index contributed by atoms with van der Waals surface area (Å²) in [5.74, 6) is 0.187. The zero-order chi connectivity index (χ0) is 14.6. The van der Waals surface area contributed by atoms with E-state index >= 15 is 0 Å². The molecule has 20 heavy (non-hydrogen) atoms. The third-order valence-corrected chi connectivity index (χ3v) is 5.05. The Labute approximate surface area is 119 Å². The van der Waals surface area contributed by atoms with Crippen molar-refractivity contribution in [1.82, 2.24) is 4.72 Å². The van der Waals surface area contributed by atoms with Crippen LogP contribution in [0.4, 0.5) is 0 Å². The summed E-state index contributed by atoms with van der Waals surface area (Å²) in [7, 11) is -3.54. The Hall–Kier alpha value is -1.42. The van der Waals surface area contributed by atoms with Gasteiger partial charge in [-0.05, 0) is 49.4 Å². The molecule has 1 aromatic carbocycles. The van der Waals surface area contributed by atoms with Gasteiger partial charge in [0, 0.05) is 6.54 Å². The topological polar surface area (TPSA) is 90.2 Å². The quantitative estimate of drug-likeness (QED) is 0.878. The molecule has 0 aromatic heterocycles. The summed E-state index contributed by atoms with van der Waals surface area (Å²) >= 11 is 0. The lowest BCUT2D eigenvalue weighted by Crippen LogP contribution is -2.33. The van der Waals surface area contributed by atoms with Crippen LogP contribution in [-0.2, 0) is 10.0 Å². The van der Waals surface area contributed by atoms with Crippen LogP contribution in [0, 0.1) is 17.2 Å². The van der Waals surface area contributed by atoms with E-state index < -0.39 is 10.0 Å². The SMILES string of the molecule is N#Cc1ccc(S(=O)(=O)NC[C@H]2CCC[C@H](O)C2)cc1. The van der Waals surface area contributed by atoms with Gasteiger partial charge in [0.05, 0.1) is 22.6 Å². The summed E-state index contributed by atoms with van der Waals surface area (Å²) in [6, 6.07) is 7.78. The van der Waals surface area contributed by atoms with Gasteiger partial charge in [0.2, 0.25) is 10.0 Å². The fourth-order valence-corrected chi connectivity index (χ4v) is 3.58. The van der Waals surface area contributed by atoms with Crippen LogP contribution in [0.3, 0.4) is 0 Å². The molecule has 6 heteroatoms. The number of aliphatic hydroxyl groups excluding tert-OH is 1. The van der Waals surface area contributed by atoms with Crippen LogP contribution in [0.2, 0.25) is 0 Å². The highest BCUT2D eigenvalue weighted by Gasteiger charge is 2.22. The molecule has 0 radical (unpaired) electrons. The van der Waals surface area contributed by atoms with Gasteiger partial charge in [0.1, 0.15) is 0 Å². The van der Waals surface area contributed by atoms with Gasteiger partial charge in [-0.1, -0.05) is 6.42 Å². The lowest BCUT2D eigenvalue weighted by molar-refractivity contribution is 0.102. The maximum atomic E-state index is 12.1. The molecular formula is C14H18N2O3S. The molecule has 2 atom stereocenters. The van der Waals surface area contributed by atoms with Gasteiger partial charge in [-0.2, -0.15) is 5.26 Å². The maximum Gasteiger partial charge on any atom is 0.240 e. The van der Waals surface area contributed by atoms with Crippen molar-refractivity contribution < 1.29 is 13.5 Å². The fraction of sp³-hybridized carbons (Fsp3) is 0.500. The van der Waals surface area contributed by atoms with E-state index in [1.54, 1.807) is 0 Å². The van der Waals surface area contributed by atoms with E-state index in [9.17, 15) is 13.5 Å². The monoisotopic (exact) mass is 294 g/mol. The summed E-state index contributed by atoms with van der Waals surface area (Å²) in [5, 5.41) is 18.3. The maximum absolute atomic E-state index is 12.1. The van der Waals surface area contributed by atoms with Gasteiger partial charge in [-0.3, -0.25) is 0 Å². The zero-order valence-electron chi connectivity index (χ0n) is 11.1. The van der Waals surface area contributed by atoms with Crippen molar-refractivity contribution in [3.63, 3.8) is 0 Å². The van der Waals surface area contributed by atoms with E-state index in [0.29, 0.717) is 18.5 Å². The van der Waals surface area contributed by atoms with Crippen molar-refractivity contribution in [2.75, 3.05) is 6.54 Å². The second kappa shape index (κ2) is 6.35. The molecule has 108 valence electrons. The first kappa shape index (κ1) is 15.0. The molecule has 1 aliphatic rings. The molecule has 0 aliphatic heterocycles. The Kier molecular flexibility index (Phi) is 4.76. The Morgan fingerprint density at radius 1 is 1.30 bits per heavy atom. The Balaban J connectivity index is 1.98. The third kappa shape index (κ3) is 3.79. The van der Waals surface area contributed by atoms with Crippen LogP contribution < -0.4 is 4.72 Å². The number of nitrogens with one attached hydrogen (secondary N) is 1. The predicted octanol–water partition coefficient (Wildman–Crippen LogP) is 1.39. The van der Waals surface area contributed by atoms with Crippen molar-refractivity contribution in [2.24, 2.45) is 5.92 Å². The van der Waals surface area contributed by atoms with E-state index in [1.165, 1.54) is 24.3 Å². The molecule has 0 amide bonds. The number of nitrogens with zero attached hydrogens (tertiary/aromatic N) is 1. The molecule has 0 unspecified atom stereocenters. The Bertz CT molecular complexity index is 590. The lowest BCUT2D eigenvalue weighted by Gasteiger charge is -2.25. The van der Waals surface area contributed by atoms with Gasteiger partial charge in [-0.15, -0.1) is 0 Å². The van der Waals surface area contributed by atoms with E-state index in [0.717, 1.165) is 19.3 Å². The first-order valence-electron chi connectivity index (χ1n) is 6.69. The van der Waals surface area contributed by atoms with Crippen molar-refractivity contribution in [1.29, 1.82) is 5.26 Å². The van der Waals surface area contributed by atoms with Gasteiger partial charge in [0.25, 0.3) is 0 Å². The fourth-order valence-electron chi connectivity index (χ4n) is 2.47. The van der Waals surface area contributed by atoms with Crippen molar-refractivity contribution in [3.05, 3.63) is 29.8 Å². The molecule has 1 aliphatic carbocycles. The molecule has 0 spiro atoms. The van der Waals surface area contributed by atoms with Crippen molar-refractivity contribution >= 4 is 10.0 Å². The normalized spacial score (nSPS) is 23.2. The molecule has 0 heterocycles. The summed E-state index contributed by atoms with van der Waals surface area (Å²) in [6.45, 7) is 0.347. The predicted molar refractivity (Wildman–Crippen MR) is 74.3 cm³/mol. The highest BCUT2D eigenvalue weighted by molar-refractivity contribution is 7.89. The minimum Gasteiger partial charge on any atom is -0.393 e. The lowest BCUT2D eigenvalue weighted by atomic mass is 9.87. The van der Waals surface area contributed by atoms with Crippen molar-refractivity contribution in [3.8, 4) is 6.07 Å². The number of nitriles is 1. The number of benzene rings is 1. The summed E-state index contributed by atoms with van der Waals surface area (Å²) in [4.78, 5) is 0.160. The van der Waals surface area contributed by atoms with Gasteiger partial charge in [0.15, 0.2) is 0 Å². The number of hydrogen-bond acceptors (Lipinski definition) is 4. The number of hydrogen-bond donors (Lipinski definition) is 2. The second-order valence-electron chi connectivity index (χ2n) is 5.17. The highest BCUT2D eigenvalue weighted by Crippen LogP contribution is 2.24. The standard InChI is InChI=1S/C14H18N2O3S/c15-9-11-4-6-14(7-5-11)20(18,19)16-10-12-2-1-3-13(17)8-12/h4-7,12-13,16-17H,1-3,8,10H2/t12-,13-/m0/s1. The molecule has 0 bridgehead atoms. The summed E-state index contributed by atoms with van der Waals surface area (Å²) < 4.78 is 26.8. The second-order valence-corrected chi connectivity index (χ2v) is 6.94. The Morgan fingerprint density at radius 2 is 2.00 bits per heavy atom. The molecule has 1 aromatic rings. The van der Waals surface area contributed by atoms with Gasteiger partial charge in [-0.25, -0.2) is 13.1 Å². The first-order chi connectivity index (χ1) is 9.51. The molecule has 0 saturated heterocycles. The van der Waals surface area contributed by atoms with Crippen LogP contribution in [0.25, 0.3) is 0 Å². The molecule has 5 nitrogen and oxygen atoms in total. The van der Waals surface area contributed by atoms with E-state index in [4.69, 9.17) is 5.26 Å². The first-order valence-corrected chi connectivity index (χ1v) is 8.17. The smallest absolute Gasteiger partial charge is 0.240 e. The van der Waals surface area contributed by atoms with Gasteiger partial charge >= 0.3 is 0 Å². The largest absolute Gasteiger partial charge is 0.393 e. The molecule has 1 saturated carbocycles. The summed E-state index contributed by atoms with van der Waals surface area (Å²) in [6.07, 6.45) is 3.01. The van der Waals surface area contributed by atoms with Crippen LogP contribution in [0.5, 0.6) is 0 Å². The van der Waals surface area contributed by atoms with E-state index in [-0.39, 0.29) is 16.9 Å².